The molecule has 140 valence electrons. The van der Waals surface area contributed by atoms with Gasteiger partial charge in [-0.25, -0.2) is 9.78 Å². The van der Waals surface area contributed by atoms with Gasteiger partial charge in [0.15, 0.2) is 6.61 Å². The lowest BCUT2D eigenvalue weighted by molar-refractivity contribution is -0.119. The third-order valence-electron chi connectivity index (χ3n) is 3.82. The van der Waals surface area contributed by atoms with Crippen molar-refractivity contribution in [3.8, 4) is 5.75 Å². The molecule has 0 unspecified atom stereocenters. The number of esters is 1. The zero-order valence-corrected chi connectivity index (χ0v) is 15.2. The highest BCUT2D eigenvalue weighted by Crippen LogP contribution is 2.20. The van der Waals surface area contributed by atoms with Crippen molar-refractivity contribution in [3.05, 3.63) is 47.8 Å². The van der Waals surface area contributed by atoms with Crippen molar-refractivity contribution >= 4 is 28.7 Å². The van der Waals surface area contributed by atoms with Gasteiger partial charge in [0.1, 0.15) is 11.4 Å². The van der Waals surface area contributed by atoms with Gasteiger partial charge in [0.05, 0.1) is 18.3 Å². The Bertz CT molecular complexity index is 980. The number of ether oxygens (including phenoxy) is 2. The van der Waals surface area contributed by atoms with Crippen LogP contribution in [0.3, 0.4) is 0 Å². The first kappa shape index (κ1) is 18.4. The second-order valence-corrected chi connectivity index (χ2v) is 6.15. The van der Waals surface area contributed by atoms with E-state index in [1.165, 1.54) is 6.07 Å². The second kappa shape index (κ2) is 7.86. The van der Waals surface area contributed by atoms with E-state index in [0.717, 1.165) is 11.1 Å². The van der Waals surface area contributed by atoms with Gasteiger partial charge in [-0.05, 0) is 30.2 Å². The maximum atomic E-state index is 12.1. The highest BCUT2D eigenvalue weighted by Gasteiger charge is 2.15. The van der Waals surface area contributed by atoms with Gasteiger partial charge >= 0.3 is 5.97 Å². The minimum Gasteiger partial charge on any atom is -0.497 e. The summed E-state index contributed by atoms with van der Waals surface area (Å²) in [5.41, 5.74) is 1.46. The lowest BCUT2D eigenvalue weighted by Crippen LogP contribution is -2.21. The minimum atomic E-state index is -0.691. The molecule has 1 N–H and O–H groups in total. The van der Waals surface area contributed by atoms with Crippen LogP contribution in [0.15, 0.2) is 40.9 Å². The van der Waals surface area contributed by atoms with E-state index in [-0.39, 0.29) is 17.5 Å². The van der Waals surface area contributed by atoms with Crippen molar-refractivity contribution in [3.63, 3.8) is 0 Å². The van der Waals surface area contributed by atoms with Crippen LogP contribution in [0.25, 0.3) is 10.9 Å². The quantitative estimate of drug-likeness (QED) is 0.666. The van der Waals surface area contributed by atoms with Gasteiger partial charge in [0, 0.05) is 11.5 Å². The van der Waals surface area contributed by atoms with E-state index in [0.29, 0.717) is 11.3 Å². The fraction of sp³-hybridized carbons (Fsp3) is 0.263. The molecule has 0 bridgehead atoms. The molecular formula is C19H19N3O5. The summed E-state index contributed by atoms with van der Waals surface area (Å²) in [5, 5.41) is 7.15. The standard InChI is InChI=1S/C19H19N3O5/c1-11(2)16-9-18(27-22-16)21-17(23)10-26-19(24)15-6-4-12-8-13(25-3)5-7-14(12)20-15/h4-9,11H,10H2,1-3H3,(H,21,23). The molecule has 0 spiro atoms. The molecule has 0 saturated carbocycles. The first-order valence-electron chi connectivity index (χ1n) is 8.34. The molecule has 1 aromatic carbocycles. The van der Waals surface area contributed by atoms with Crippen LogP contribution in [0.2, 0.25) is 0 Å². The Morgan fingerprint density at radius 1 is 1.19 bits per heavy atom. The molecule has 8 nitrogen and oxygen atoms in total. The van der Waals surface area contributed by atoms with Gasteiger partial charge in [0.25, 0.3) is 5.91 Å². The number of methoxy groups -OCH3 is 1. The summed E-state index contributed by atoms with van der Waals surface area (Å²) in [6.45, 7) is 3.45. The van der Waals surface area contributed by atoms with Crippen molar-refractivity contribution in [2.24, 2.45) is 0 Å². The van der Waals surface area contributed by atoms with Gasteiger partial charge in [-0.2, -0.15) is 0 Å². The maximum Gasteiger partial charge on any atom is 0.357 e. The number of benzene rings is 1. The Kier molecular flexibility index (Phi) is 5.35. The molecule has 2 aromatic heterocycles. The summed E-state index contributed by atoms with van der Waals surface area (Å²) in [4.78, 5) is 28.3. The molecule has 8 heteroatoms. The lowest BCUT2D eigenvalue weighted by atomic mass is 10.1. The molecule has 0 aliphatic carbocycles. The number of fused-ring (bicyclic) bond motifs is 1. The first-order valence-corrected chi connectivity index (χ1v) is 8.34. The van der Waals surface area contributed by atoms with Crippen LogP contribution in [0.5, 0.6) is 5.75 Å². The molecule has 3 rings (SSSR count). The molecule has 0 saturated heterocycles. The van der Waals surface area contributed by atoms with Crippen molar-refractivity contribution in [1.82, 2.24) is 10.1 Å². The van der Waals surface area contributed by atoms with E-state index >= 15 is 0 Å². The first-order chi connectivity index (χ1) is 13.0. The van der Waals surface area contributed by atoms with Crippen molar-refractivity contribution in [2.45, 2.75) is 19.8 Å². The molecule has 1 amide bonds. The lowest BCUT2D eigenvalue weighted by Gasteiger charge is -2.06. The number of anilines is 1. The Morgan fingerprint density at radius 3 is 2.70 bits per heavy atom. The second-order valence-electron chi connectivity index (χ2n) is 6.15. The third-order valence-corrected chi connectivity index (χ3v) is 3.82. The molecule has 0 radical (unpaired) electrons. The number of carbonyl (C=O) groups excluding carboxylic acids is 2. The fourth-order valence-corrected chi connectivity index (χ4v) is 2.34. The molecule has 27 heavy (non-hydrogen) atoms. The molecule has 2 heterocycles. The highest BCUT2D eigenvalue weighted by molar-refractivity contribution is 5.95. The Labute approximate surface area is 155 Å². The van der Waals surface area contributed by atoms with Crippen LogP contribution >= 0.6 is 0 Å². The number of pyridine rings is 1. The molecule has 0 aliphatic heterocycles. The van der Waals surface area contributed by atoms with Crippen LogP contribution in [0.1, 0.15) is 35.9 Å². The summed E-state index contributed by atoms with van der Waals surface area (Å²) in [5.74, 6) is -0.137. The van der Waals surface area contributed by atoms with Crippen molar-refractivity contribution < 1.29 is 23.6 Å². The van der Waals surface area contributed by atoms with Crippen LogP contribution in [-0.4, -0.2) is 35.7 Å². The number of nitrogens with one attached hydrogen (secondary N) is 1. The Balaban J connectivity index is 1.59. The van der Waals surface area contributed by atoms with Gasteiger partial charge in [0.2, 0.25) is 5.88 Å². The number of nitrogens with zero attached hydrogens (tertiary/aromatic N) is 2. The molecule has 0 aliphatic rings. The summed E-state index contributed by atoms with van der Waals surface area (Å²) < 4.78 is 15.2. The van der Waals surface area contributed by atoms with Crippen LogP contribution < -0.4 is 10.1 Å². The maximum absolute atomic E-state index is 12.1. The predicted octanol–water partition coefficient (Wildman–Crippen LogP) is 3.15. The monoisotopic (exact) mass is 369 g/mol. The largest absolute Gasteiger partial charge is 0.497 e. The van der Waals surface area contributed by atoms with Crippen molar-refractivity contribution in [1.29, 1.82) is 0 Å². The summed E-state index contributed by atoms with van der Waals surface area (Å²) in [6.07, 6.45) is 0. The topological polar surface area (TPSA) is 104 Å². The zero-order valence-electron chi connectivity index (χ0n) is 15.2. The number of hydrogen-bond acceptors (Lipinski definition) is 7. The smallest absolute Gasteiger partial charge is 0.357 e. The fourth-order valence-electron chi connectivity index (χ4n) is 2.34. The summed E-state index contributed by atoms with van der Waals surface area (Å²) >= 11 is 0. The van der Waals surface area contributed by atoms with Gasteiger partial charge < -0.3 is 14.0 Å². The number of aromatic nitrogens is 2. The third kappa shape index (κ3) is 4.41. The number of amides is 1. The number of hydrogen-bond donors (Lipinski definition) is 1. The molecule has 0 fully saturated rings. The molecule has 3 aromatic rings. The van der Waals surface area contributed by atoms with Gasteiger partial charge in [-0.3, -0.25) is 10.1 Å². The SMILES string of the molecule is COc1ccc2nc(C(=O)OCC(=O)Nc3cc(C(C)C)no3)ccc2c1. The predicted molar refractivity (Wildman–Crippen MR) is 97.8 cm³/mol. The van der Waals surface area contributed by atoms with Crippen molar-refractivity contribution in [2.75, 3.05) is 19.0 Å². The van der Waals surface area contributed by atoms with E-state index in [1.807, 2.05) is 19.9 Å². The van der Waals surface area contributed by atoms with E-state index in [2.05, 4.69) is 15.5 Å². The molecular weight excluding hydrogens is 350 g/mol. The zero-order chi connectivity index (χ0) is 19.4. The molecule has 0 atom stereocenters. The van der Waals surface area contributed by atoms with Crippen LogP contribution in [-0.2, 0) is 9.53 Å². The van der Waals surface area contributed by atoms with E-state index in [9.17, 15) is 9.59 Å². The number of carbonyl (C=O) groups is 2. The number of rotatable bonds is 6. The van der Waals surface area contributed by atoms with Crippen LogP contribution in [0, 0.1) is 0 Å². The Hall–Kier alpha value is -3.42. The summed E-state index contributed by atoms with van der Waals surface area (Å²) in [6, 6.07) is 10.2. The van der Waals surface area contributed by atoms with Gasteiger partial charge in [-0.1, -0.05) is 25.1 Å². The highest BCUT2D eigenvalue weighted by atomic mass is 16.5. The van der Waals surface area contributed by atoms with E-state index in [1.54, 1.807) is 31.4 Å². The average molecular weight is 369 g/mol. The summed E-state index contributed by atoms with van der Waals surface area (Å²) in [7, 11) is 1.58. The minimum absolute atomic E-state index is 0.113. The average Bonchev–Trinajstić information content (AvgIpc) is 3.14. The normalized spacial score (nSPS) is 10.8. The van der Waals surface area contributed by atoms with E-state index < -0.39 is 18.5 Å². The van der Waals surface area contributed by atoms with Gasteiger partial charge in [-0.15, -0.1) is 0 Å². The van der Waals surface area contributed by atoms with Crippen LogP contribution in [0.4, 0.5) is 5.88 Å². The van der Waals surface area contributed by atoms with E-state index in [4.69, 9.17) is 14.0 Å². The Morgan fingerprint density at radius 2 is 2.00 bits per heavy atom.